The zero-order valence-electron chi connectivity index (χ0n) is 18.6. The molecule has 0 spiro atoms. The van der Waals surface area contributed by atoms with Crippen LogP contribution in [0.4, 0.5) is 10.6 Å². The number of para-hydroxylation sites is 1. The van der Waals surface area contributed by atoms with Crippen molar-refractivity contribution in [3.05, 3.63) is 60.8 Å². The van der Waals surface area contributed by atoms with Crippen molar-refractivity contribution < 1.29 is 14.6 Å². The Morgan fingerprint density at radius 2 is 1.81 bits per heavy atom. The van der Waals surface area contributed by atoms with Gasteiger partial charge in [-0.1, -0.05) is 42.5 Å². The average Bonchev–Trinajstić information content (AvgIpc) is 3.22. The van der Waals surface area contributed by atoms with E-state index in [4.69, 9.17) is 9.72 Å². The molecule has 0 bridgehead atoms. The molecule has 1 aliphatic rings. The van der Waals surface area contributed by atoms with E-state index in [-0.39, 0.29) is 17.9 Å². The second kappa shape index (κ2) is 8.86. The first-order valence-electron chi connectivity index (χ1n) is 10.8. The van der Waals surface area contributed by atoms with Gasteiger partial charge in [-0.25, -0.2) is 14.8 Å². The van der Waals surface area contributed by atoms with Crippen LogP contribution in [-0.4, -0.2) is 50.8 Å². The van der Waals surface area contributed by atoms with Gasteiger partial charge in [0.25, 0.3) is 0 Å². The molecule has 1 amide bonds. The molecule has 1 aromatic heterocycles. The van der Waals surface area contributed by atoms with E-state index in [1.54, 1.807) is 29.3 Å². The molecule has 1 unspecified atom stereocenters. The van der Waals surface area contributed by atoms with Gasteiger partial charge < -0.3 is 20.1 Å². The van der Waals surface area contributed by atoms with Crippen molar-refractivity contribution in [2.75, 3.05) is 18.4 Å². The summed E-state index contributed by atoms with van der Waals surface area (Å²) in [5, 5.41) is 13.8. The van der Waals surface area contributed by atoms with E-state index in [2.05, 4.69) is 10.3 Å². The molecule has 1 fully saturated rings. The molecule has 1 saturated heterocycles. The number of phenolic OH excluding ortho intramolecular Hbond substituents is 1. The van der Waals surface area contributed by atoms with Gasteiger partial charge in [0.1, 0.15) is 17.2 Å². The van der Waals surface area contributed by atoms with Gasteiger partial charge in [0, 0.05) is 30.9 Å². The Hall–Kier alpha value is -3.61. The fourth-order valence-corrected chi connectivity index (χ4v) is 3.68. The number of ether oxygens (including phenoxy) is 1. The average molecular weight is 433 g/mol. The number of benzene rings is 2. The quantitative estimate of drug-likeness (QED) is 0.607. The van der Waals surface area contributed by atoms with Crippen LogP contribution in [0, 0.1) is 0 Å². The number of phenols is 1. The van der Waals surface area contributed by atoms with Gasteiger partial charge in [0.05, 0.1) is 5.56 Å². The van der Waals surface area contributed by atoms with Crippen LogP contribution < -0.4 is 5.32 Å². The Bertz CT molecular complexity index is 1100. The second-order valence-electron chi connectivity index (χ2n) is 8.90. The van der Waals surface area contributed by atoms with Crippen molar-refractivity contribution in [1.82, 2.24) is 14.9 Å². The smallest absolute Gasteiger partial charge is 0.410 e. The maximum atomic E-state index is 12.4. The number of hydrogen-bond donors (Lipinski definition) is 2. The summed E-state index contributed by atoms with van der Waals surface area (Å²) in [7, 11) is 0. The van der Waals surface area contributed by atoms with E-state index in [1.807, 2.05) is 57.2 Å². The van der Waals surface area contributed by atoms with Crippen molar-refractivity contribution in [1.29, 1.82) is 0 Å². The molecule has 2 aromatic carbocycles. The zero-order valence-corrected chi connectivity index (χ0v) is 18.6. The number of rotatable bonds is 4. The number of likely N-dealkylation sites (tertiary alicyclic amines) is 1. The SMILES string of the molecule is CC(C)(C)OC(=O)N1CCC(Nc2nc(-c3ccccc3O)ncc2-c2ccccc2)C1. The molecular formula is C25H28N4O3. The normalized spacial score (nSPS) is 16.1. The van der Waals surface area contributed by atoms with Crippen LogP contribution in [0.15, 0.2) is 60.8 Å². The first-order chi connectivity index (χ1) is 15.3. The molecule has 7 heteroatoms. The minimum Gasteiger partial charge on any atom is -0.507 e. The summed E-state index contributed by atoms with van der Waals surface area (Å²) in [4.78, 5) is 23.4. The van der Waals surface area contributed by atoms with Gasteiger partial charge in [-0.05, 0) is 44.9 Å². The van der Waals surface area contributed by atoms with Crippen LogP contribution in [0.25, 0.3) is 22.5 Å². The van der Waals surface area contributed by atoms with Gasteiger partial charge in [-0.2, -0.15) is 0 Å². The number of aromatic nitrogens is 2. The Morgan fingerprint density at radius 1 is 1.09 bits per heavy atom. The summed E-state index contributed by atoms with van der Waals surface area (Å²) in [6, 6.07) is 16.9. The highest BCUT2D eigenvalue weighted by molar-refractivity contribution is 5.77. The highest BCUT2D eigenvalue weighted by Gasteiger charge is 2.30. The summed E-state index contributed by atoms with van der Waals surface area (Å²) in [5.74, 6) is 1.23. The van der Waals surface area contributed by atoms with Crippen LogP contribution in [0.3, 0.4) is 0 Å². The van der Waals surface area contributed by atoms with E-state index < -0.39 is 5.60 Å². The molecule has 4 rings (SSSR count). The summed E-state index contributed by atoms with van der Waals surface area (Å²) in [6.45, 7) is 6.74. The molecule has 166 valence electrons. The minimum atomic E-state index is -0.525. The Kier molecular flexibility index (Phi) is 5.99. The first kappa shape index (κ1) is 21.6. The molecule has 0 aliphatic carbocycles. The monoisotopic (exact) mass is 432 g/mol. The highest BCUT2D eigenvalue weighted by Crippen LogP contribution is 2.32. The summed E-state index contributed by atoms with van der Waals surface area (Å²) < 4.78 is 5.51. The molecular weight excluding hydrogens is 404 g/mol. The molecule has 2 N–H and O–H groups in total. The van der Waals surface area contributed by atoms with Crippen molar-refractivity contribution in [2.24, 2.45) is 0 Å². The number of carbonyl (C=O) groups excluding carboxylic acids is 1. The number of nitrogens with zero attached hydrogens (tertiary/aromatic N) is 3. The number of amides is 1. The van der Waals surface area contributed by atoms with Gasteiger partial charge >= 0.3 is 6.09 Å². The molecule has 3 aromatic rings. The van der Waals surface area contributed by atoms with Crippen molar-refractivity contribution in [3.8, 4) is 28.3 Å². The maximum Gasteiger partial charge on any atom is 0.410 e. The lowest BCUT2D eigenvalue weighted by atomic mass is 10.1. The predicted molar refractivity (Wildman–Crippen MR) is 124 cm³/mol. The fourth-order valence-electron chi connectivity index (χ4n) is 3.68. The second-order valence-corrected chi connectivity index (χ2v) is 8.90. The van der Waals surface area contributed by atoms with Gasteiger partial charge in [-0.3, -0.25) is 0 Å². The van der Waals surface area contributed by atoms with Crippen LogP contribution in [-0.2, 0) is 4.74 Å². The third kappa shape index (κ3) is 4.99. The van der Waals surface area contributed by atoms with Crippen LogP contribution in [0.5, 0.6) is 5.75 Å². The largest absolute Gasteiger partial charge is 0.507 e. The van der Waals surface area contributed by atoms with Crippen molar-refractivity contribution >= 4 is 11.9 Å². The Morgan fingerprint density at radius 3 is 2.53 bits per heavy atom. The topological polar surface area (TPSA) is 87.6 Å². The third-order valence-electron chi connectivity index (χ3n) is 5.20. The fraction of sp³-hybridized carbons (Fsp3) is 0.320. The highest BCUT2D eigenvalue weighted by atomic mass is 16.6. The molecule has 0 radical (unpaired) electrons. The van der Waals surface area contributed by atoms with E-state index in [0.717, 1.165) is 17.5 Å². The minimum absolute atomic E-state index is 0.0251. The third-order valence-corrected chi connectivity index (χ3v) is 5.20. The Balaban J connectivity index is 1.61. The molecule has 0 saturated carbocycles. The molecule has 2 heterocycles. The summed E-state index contributed by atoms with van der Waals surface area (Å²) >= 11 is 0. The molecule has 1 aliphatic heterocycles. The lowest BCUT2D eigenvalue weighted by Gasteiger charge is -2.24. The van der Waals surface area contributed by atoms with Crippen LogP contribution in [0.2, 0.25) is 0 Å². The van der Waals surface area contributed by atoms with E-state index in [9.17, 15) is 9.90 Å². The van der Waals surface area contributed by atoms with Crippen molar-refractivity contribution in [3.63, 3.8) is 0 Å². The van der Waals surface area contributed by atoms with Crippen molar-refractivity contribution in [2.45, 2.75) is 38.8 Å². The maximum absolute atomic E-state index is 12.4. The Labute approximate surface area is 188 Å². The van der Waals surface area contributed by atoms with Gasteiger partial charge in [0.2, 0.25) is 0 Å². The van der Waals surface area contributed by atoms with Crippen LogP contribution >= 0.6 is 0 Å². The predicted octanol–water partition coefficient (Wildman–Crippen LogP) is 4.94. The van der Waals surface area contributed by atoms with Gasteiger partial charge in [-0.15, -0.1) is 0 Å². The van der Waals surface area contributed by atoms with Gasteiger partial charge in [0.15, 0.2) is 5.82 Å². The molecule has 1 atom stereocenters. The molecule has 32 heavy (non-hydrogen) atoms. The van der Waals surface area contributed by atoms with E-state index >= 15 is 0 Å². The number of hydrogen-bond acceptors (Lipinski definition) is 6. The number of carbonyl (C=O) groups is 1. The lowest BCUT2D eigenvalue weighted by molar-refractivity contribution is 0.0293. The summed E-state index contributed by atoms with van der Waals surface area (Å²) in [6.07, 6.45) is 2.25. The number of aromatic hydroxyl groups is 1. The zero-order chi connectivity index (χ0) is 22.7. The van der Waals surface area contributed by atoms with E-state index in [0.29, 0.717) is 30.3 Å². The summed E-state index contributed by atoms with van der Waals surface area (Å²) in [5.41, 5.74) is 1.89. The first-order valence-corrected chi connectivity index (χ1v) is 10.8. The van der Waals surface area contributed by atoms with Crippen LogP contribution in [0.1, 0.15) is 27.2 Å². The van der Waals surface area contributed by atoms with E-state index in [1.165, 1.54) is 0 Å². The lowest BCUT2D eigenvalue weighted by Crippen LogP contribution is -2.36. The molecule has 7 nitrogen and oxygen atoms in total. The number of nitrogens with one attached hydrogen (secondary N) is 1. The number of anilines is 1. The standard InChI is InChI=1S/C25H28N4O3/c1-25(2,3)32-24(31)29-14-13-18(16-29)27-23-20(17-9-5-4-6-10-17)15-26-22(28-23)19-11-7-8-12-21(19)30/h4-12,15,18,30H,13-14,16H2,1-3H3,(H,26,27,28).